The summed E-state index contributed by atoms with van der Waals surface area (Å²) in [6.45, 7) is -2.72. The lowest BCUT2D eigenvalue weighted by atomic mass is 10.5. The van der Waals surface area contributed by atoms with Crippen LogP contribution < -0.4 is 5.73 Å². The van der Waals surface area contributed by atoms with Crippen LogP contribution >= 0.6 is 0 Å². The minimum Gasteiger partial charge on any atom is -0.480 e. The molecule has 8 heteroatoms. The predicted octanol–water partition coefficient (Wildman–Crippen LogP) is 0.0140. The van der Waals surface area contributed by atoms with Crippen molar-refractivity contribution in [3.05, 3.63) is 0 Å². The molecule has 0 fully saturated rings. The molecule has 0 radical (unpaired) electrons. The van der Waals surface area contributed by atoms with E-state index in [4.69, 9.17) is 5.11 Å². The van der Waals surface area contributed by atoms with E-state index in [-0.39, 0.29) is 4.90 Å². The summed E-state index contributed by atoms with van der Waals surface area (Å²) in [4.78, 5) is 20.3. The molecule has 0 saturated carbocycles. The van der Waals surface area contributed by atoms with Crippen molar-refractivity contribution >= 4 is 12.0 Å². The highest BCUT2D eigenvalue weighted by Crippen LogP contribution is 2.15. The number of carbonyl (C=O) groups excluding carboxylic acids is 1. The second-order valence-corrected chi connectivity index (χ2v) is 2.20. The Bertz CT molecular complexity index is 216. The predicted molar refractivity (Wildman–Crippen MR) is 34.8 cm³/mol. The highest BCUT2D eigenvalue weighted by molar-refractivity contribution is 5.78. The lowest BCUT2D eigenvalue weighted by Gasteiger charge is -2.19. The van der Waals surface area contributed by atoms with Gasteiger partial charge in [0.05, 0.1) is 0 Å². The number of nitrogens with zero attached hydrogens (tertiary/aromatic N) is 1. The van der Waals surface area contributed by atoms with Crippen LogP contribution in [0.2, 0.25) is 0 Å². The van der Waals surface area contributed by atoms with Gasteiger partial charge in [-0.2, -0.15) is 13.2 Å². The second-order valence-electron chi connectivity index (χ2n) is 2.20. The first kappa shape index (κ1) is 11.5. The Balaban J connectivity index is 4.27. The molecular weight excluding hydrogens is 193 g/mol. The molecule has 5 nitrogen and oxygen atoms in total. The van der Waals surface area contributed by atoms with Crippen LogP contribution in [-0.2, 0) is 4.79 Å². The van der Waals surface area contributed by atoms with Crippen LogP contribution in [0.1, 0.15) is 0 Å². The summed E-state index contributed by atoms with van der Waals surface area (Å²) in [5, 5.41) is 8.11. The number of urea groups is 1. The van der Waals surface area contributed by atoms with Gasteiger partial charge in [0.15, 0.2) is 0 Å². The Morgan fingerprint density at radius 3 is 2.08 bits per heavy atom. The molecule has 0 saturated heterocycles. The van der Waals surface area contributed by atoms with E-state index in [1.165, 1.54) is 0 Å². The summed E-state index contributed by atoms with van der Waals surface area (Å²) in [6, 6.07) is -1.42. The van der Waals surface area contributed by atoms with E-state index in [2.05, 4.69) is 5.73 Å². The summed E-state index contributed by atoms with van der Waals surface area (Å²) >= 11 is 0. The van der Waals surface area contributed by atoms with E-state index < -0.39 is 31.3 Å². The van der Waals surface area contributed by atoms with Gasteiger partial charge in [-0.15, -0.1) is 0 Å². The molecule has 0 rings (SSSR count). The van der Waals surface area contributed by atoms with Crippen molar-refractivity contribution in [1.29, 1.82) is 0 Å². The molecule has 0 heterocycles. The van der Waals surface area contributed by atoms with Gasteiger partial charge in [-0.25, -0.2) is 4.79 Å². The normalized spacial score (nSPS) is 11.0. The van der Waals surface area contributed by atoms with Crippen molar-refractivity contribution in [2.24, 2.45) is 5.73 Å². The topological polar surface area (TPSA) is 83.6 Å². The number of carbonyl (C=O) groups is 2. The molecule has 0 aromatic rings. The van der Waals surface area contributed by atoms with Crippen LogP contribution in [-0.4, -0.2) is 41.3 Å². The van der Waals surface area contributed by atoms with Crippen molar-refractivity contribution in [2.45, 2.75) is 6.18 Å². The number of carboxylic acid groups (broad SMARTS) is 1. The molecule has 76 valence electrons. The molecule has 2 amide bonds. The van der Waals surface area contributed by atoms with Gasteiger partial charge >= 0.3 is 18.2 Å². The third kappa shape index (κ3) is 5.76. The minimum absolute atomic E-state index is 0.0116. The van der Waals surface area contributed by atoms with Gasteiger partial charge in [-0.3, -0.25) is 4.79 Å². The Morgan fingerprint density at radius 2 is 1.85 bits per heavy atom. The number of hydrogen-bond donors (Lipinski definition) is 2. The number of alkyl halides is 3. The number of aliphatic carboxylic acids is 1. The third-order valence-electron chi connectivity index (χ3n) is 1.01. The Hall–Kier alpha value is -1.47. The van der Waals surface area contributed by atoms with E-state index in [1.807, 2.05) is 0 Å². The van der Waals surface area contributed by atoms with Gasteiger partial charge < -0.3 is 15.7 Å². The quantitative estimate of drug-likeness (QED) is 0.673. The van der Waals surface area contributed by atoms with Gasteiger partial charge in [0.1, 0.15) is 13.1 Å². The number of hydrogen-bond acceptors (Lipinski definition) is 2. The number of carboxylic acids is 1. The Labute approximate surface area is 70.9 Å². The van der Waals surface area contributed by atoms with Crippen molar-refractivity contribution in [2.75, 3.05) is 13.1 Å². The van der Waals surface area contributed by atoms with E-state index in [0.717, 1.165) is 0 Å². The maximum Gasteiger partial charge on any atom is 0.406 e. The van der Waals surface area contributed by atoms with Crippen LogP contribution in [0.25, 0.3) is 0 Å². The first-order valence-electron chi connectivity index (χ1n) is 3.05. The fourth-order valence-corrected chi connectivity index (χ4v) is 0.591. The molecule has 0 aliphatic rings. The molecule has 3 N–H and O–H groups in total. The average molecular weight is 200 g/mol. The second kappa shape index (κ2) is 3.97. The zero-order chi connectivity index (χ0) is 10.6. The van der Waals surface area contributed by atoms with Crippen LogP contribution in [0.3, 0.4) is 0 Å². The van der Waals surface area contributed by atoms with E-state index in [1.54, 1.807) is 0 Å². The highest BCUT2D eigenvalue weighted by atomic mass is 19.4. The van der Waals surface area contributed by atoms with Gasteiger partial charge in [-0.05, 0) is 0 Å². The molecule has 0 aromatic carbocycles. The summed E-state index contributed by atoms with van der Waals surface area (Å²) in [6.07, 6.45) is -4.65. The Morgan fingerprint density at radius 1 is 1.38 bits per heavy atom. The first-order chi connectivity index (χ1) is 5.72. The fourth-order valence-electron chi connectivity index (χ4n) is 0.591. The first-order valence-corrected chi connectivity index (χ1v) is 3.05. The minimum atomic E-state index is -4.65. The molecule has 0 atom stereocenters. The van der Waals surface area contributed by atoms with Crippen LogP contribution in [0.15, 0.2) is 0 Å². The largest absolute Gasteiger partial charge is 0.480 e. The highest BCUT2D eigenvalue weighted by Gasteiger charge is 2.33. The van der Waals surface area contributed by atoms with Crippen LogP contribution in [0.4, 0.5) is 18.0 Å². The maximum atomic E-state index is 11.7. The number of nitrogens with two attached hydrogens (primary N) is 1. The molecule has 0 bridgehead atoms. The lowest BCUT2D eigenvalue weighted by Crippen LogP contribution is -2.44. The van der Waals surface area contributed by atoms with E-state index in [0.29, 0.717) is 0 Å². The summed E-state index contributed by atoms with van der Waals surface area (Å²) in [5.74, 6) is -1.55. The molecule has 0 aliphatic carbocycles. The molecule has 0 spiro atoms. The van der Waals surface area contributed by atoms with Gasteiger partial charge in [0, 0.05) is 0 Å². The number of primary amides is 1. The zero-order valence-electron chi connectivity index (χ0n) is 6.34. The SMILES string of the molecule is NC(=O)N(CC(=O)O)CC(F)(F)F. The molecule has 0 aromatic heterocycles. The molecule has 0 unspecified atom stereocenters. The number of amides is 2. The smallest absolute Gasteiger partial charge is 0.406 e. The molecule has 13 heavy (non-hydrogen) atoms. The van der Waals surface area contributed by atoms with Gasteiger partial charge in [0.25, 0.3) is 0 Å². The van der Waals surface area contributed by atoms with Crippen molar-refractivity contribution in [3.63, 3.8) is 0 Å². The molecule has 0 aliphatic heterocycles. The fraction of sp³-hybridized carbons (Fsp3) is 0.600. The number of rotatable bonds is 3. The summed E-state index contributed by atoms with van der Waals surface area (Å²) in [5.41, 5.74) is 4.52. The van der Waals surface area contributed by atoms with Gasteiger partial charge in [0.2, 0.25) is 0 Å². The summed E-state index contributed by atoms with van der Waals surface area (Å²) in [7, 11) is 0. The van der Waals surface area contributed by atoms with Crippen LogP contribution in [0, 0.1) is 0 Å². The average Bonchev–Trinajstić information content (AvgIpc) is 1.81. The standard InChI is InChI=1S/C5H7F3N2O3/c6-5(7,8)2-10(4(9)13)1-3(11)12/h1-2H2,(H2,9,13)(H,11,12). The zero-order valence-corrected chi connectivity index (χ0v) is 6.34. The third-order valence-corrected chi connectivity index (χ3v) is 1.01. The van der Waals surface area contributed by atoms with Crippen molar-refractivity contribution in [1.82, 2.24) is 4.90 Å². The maximum absolute atomic E-state index is 11.7. The van der Waals surface area contributed by atoms with Crippen molar-refractivity contribution < 1.29 is 27.9 Å². The van der Waals surface area contributed by atoms with E-state index in [9.17, 15) is 22.8 Å². The van der Waals surface area contributed by atoms with Gasteiger partial charge in [-0.1, -0.05) is 0 Å². The van der Waals surface area contributed by atoms with Crippen LogP contribution in [0.5, 0.6) is 0 Å². The van der Waals surface area contributed by atoms with Crippen molar-refractivity contribution in [3.8, 4) is 0 Å². The Kier molecular flexibility index (Phi) is 3.52. The summed E-state index contributed by atoms with van der Waals surface area (Å²) < 4.78 is 35.0. The lowest BCUT2D eigenvalue weighted by molar-refractivity contribution is -0.148. The molecular formula is C5H7F3N2O3. The van der Waals surface area contributed by atoms with E-state index >= 15 is 0 Å². The number of halogens is 3. The monoisotopic (exact) mass is 200 g/mol.